The normalized spacial score (nSPS) is 15.6. The van der Waals surface area contributed by atoms with E-state index in [1.165, 1.54) is 40.1 Å². The fourth-order valence-electron chi connectivity index (χ4n) is 8.30. The molecule has 1 aliphatic carbocycles. The number of nitrogens with zero attached hydrogens (tertiary/aromatic N) is 4. The average molecular weight is 764 g/mol. The number of carboxylic acids is 1. The van der Waals surface area contributed by atoms with Gasteiger partial charge in [0.05, 0.1) is 6.54 Å². The Morgan fingerprint density at radius 2 is 1.34 bits per heavy atom. The van der Waals surface area contributed by atoms with Crippen molar-refractivity contribution in [2.75, 3.05) is 11.4 Å². The van der Waals surface area contributed by atoms with Gasteiger partial charge in [-0.3, -0.25) is 9.59 Å². The van der Waals surface area contributed by atoms with E-state index in [0.717, 1.165) is 35.1 Å². The number of amides is 1. The number of carboxylic acid groups (broad SMARTS) is 1. The zero-order valence-corrected chi connectivity index (χ0v) is 32.2. The van der Waals surface area contributed by atoms with Crippen LogP contribution < -0.4 is 19.4 Å². The van der Waals surface area contributed by atoms with Gasteiger partial charge in [0.25, 0.3) is 5.91 Å². The van der Waals surface area contributed by atoms with Crippen LogP contribution in [-0.4, -0.2) is 29.6 Å². The highest BCUT2D eigenvalue weighted by molar-refractivity contribution is 6.01. The Labute approximate surface area is 339 Å². The fourth-order valence-corrected chi connectivity index (χ4v) is 8.30. The van der Waals surface area contributed by atoms with Crippen molar-refractivity contribution in [1.82, 2.24) is 5.32 Å². The topological polar surface area (TPSA) is 101 Å². The Kier molecular flexibility index (Phi) is 11.3. The molecule has 0 spiro atoms. The molecule has 3 heterocycles. The quantitative estimate of drug-likeness (QED) is 0.0532. The van der Waals surface area contributed by atoms with Gasteiger partial charge in [-0.05, 0) is 93.8 Å². The summed E-state index contributed by atoms with van der Waals surface area (Å²) in [5.41, 5.74) is 11.3. The van der Waals surface area contributed by atoms with E-state index in [4.69, 9.17) is 5.11 Å². The zero-order chi connectivity index (χ0) is 39.8. The van der Waals surface area contributed by atoms with Crippen LogP contribution in [0.3, 0.4) is 0 Å². The minimum atomic E-state index is -0.821. The SMILES string of the molecule is N#C/C(=C/c1ccc2c(c1)C1CCCC1N2c1ccc(C=C(c2ccccc2)c2ccccc2)cc1)C(=O)NCC[n+]1ccc(-c2cc[n+](CCC(=O)O)cc2)cc1. The van der Waals surface area contributed by atoms with Crippen LogP contribution in [0.25, 0.3) is 28.9 Å². The third-order valence-corrected chi connectivity index (χ3v) is 11.2. The summed E-state index contributed by atoms with van der Waals surface area (Å²) in [7, 11) is 0. The molecule has 0 saturated heterocycles. The van der Waals surface area contributed by atoms with Crippen LogP contribution in [0.4, 0.5) is 11.4 Å². The molecule has 0 radical (unpaired) electrons. The third kappa shape index (κ3) is 8.49. The largest absolute Gasteiger partial charge is 0.481 e. The molecule has 1 aliphatic heterocycles. The van der Waals surface area contributed by atoms with Crippen molar-refractivity contribution < 1.29 is 23.8 Å². The lowest BCUT2D eigenvalue weighted by Gasteiger charge is -2.27. The Bertz CT molecular complexity index is 2470. The lowest BCUT2D eigenvalue weighted by molar-refractivity contribution is -0.696. The lowest BCUT2D eigenvalue weighted by Crippen LogP contribution is -2.40. The number of carbonyl (C=O) groups excluding carboxylic acids is 1. The second kappa shape index (κ2) is 17.4. The van der Waals surface area contributed by atoms with Gasteiger partial charge in [0, 0.05) is 47.6 Å². The Balaban J connectivity index is 0.928. The Morgan fingerprint density at radius 3 is 1.95 bits per heavy atom. The maximum absolute atomic E-state index is 13.2. The molecule has 8 nitrogen and oxygen atoms in total. The number of nitrogens with one attached hydrogen (secondary N) is 1. The molecule has 1 fully saturated rings. The van der Waals surface area contributed by atoms with Crippen LogP contribution >= 0.6 is 0 Å². The van der Waals surface area contributed by atoms with Crippen molar-refractivity contribution in [3.8, 4) is 17.2 Å². The molecule has 8 heteroatoms. The highest BCUT2D eigenvalue weighted by Crippen LogP contribution is 2.52. The number of aromatic nitrogens is 2. The highest BCUT2D eigenvalue weighted by atomic mass is 16.4. The number of rotatable bonds is 13. The highest BCUT2D eigenvalue weighted by Gasteiger charge is 2.42. The van der Waals surface area contributed by atoms with Crippen molar-refractivity contribution >= 4 is 41.0 Å². The molecule has 6 aromatic rings. The molecule has 1 amide bonds. The summed E-state index contributed by atoms with van der Waals surface area (Å²) in [6.07, 6.45) is 15.1. The molecular weight excluding hydrogens is 719 g/mol. The van der Waals surface area contributed by atoms with Crippen LogP contribution in [0, 0.1) is 11.3 Å². The zero-order valence-electron chi connectivity index (χ0n) is 32.2. The summed E-state index contributed by atoms with van der Waals surface area (Å²) in [6, 6.07) is 46.7. The summed E-state index contributed by atoms with van der Waals surface area (Å²) < 4.78 is 3.83. The number of benzene rings is 4. The number of carbonyl (C=O) groups is 2. The number of aliphatic carboxylic acids is 1. The fraction of sp³-hybridized carbons (Fsp3) is 0.180. The molecule has 1 saturated carbocycles. The van der Waals surface area contributed by atoms with Crippen molar-refractivity contribution in [2.24, 2.45) is 0 Å². The molecule has 8 rings (SSSR count). The van der Waals surface area contributed by atoms with Crippen molar-refractivity contribution in [2.45, 2.75) is 50.7 Å². The number of pyridine rings is 2. The number of hydrogen-bond acceptors (Lipinski definition) is 4. The maximum Gasteiger partial charge on any atom is 0.309 e. The van der Waals surface area contributed by atoms with Crippen molar-refractivity contribution in [1.29, 1.82) is 5.26 Å². The number of nitriles is 1. The van der Waals surface area contributed by atoms with Crippen LogP contribution in [0.1, 0.15) is 59.4 Å². The minimum absolute atomic E-state index is 0.0772. The molecule has 0 bridgehead atoms. The third-order valence-electron chi connectivity index (χ3n) is 11.2. The van der Waals surface area contributed by atoms with Gasteiger partial charge in [-0.25, -0.2) is 9.13 Å². The smallest absolute Gasteiger partial charge is 0.309 e. The number of anilines is 2. The van der Waals surface area contributed by atoms with Crippen LogP contribution in [0.2, 0.25) is 0 Å². The Morgan fingerprint density at radius 1 is 0.741 bits per heavy atom. The van der Waals surface area contributed by atoms with E-state index in [9.17, 15) is 14.9 Å². The molecule has 286 valence electrons. The maximum atomic E-state index is 13.2. The van der Waals surface area contributed by atoms with Gasteiger partial charge < -0.3 is 15.3 Å². The second-order valence-corrected chi connectivity index (χ2v) is 14.9. The van der Waals surface area contributed by atoms with Gasteiger partial charge in [-0.2, -0.15) is 5.26 Å². The van der Waals surface area contributed by atoms with Crippen LogP contribution in [0.15, 0.2) is 158 Å². The van der Waals surface area contributed by atoms with Gasteiger partial charge >= 0.3 is 5.97 Å². The number of hydrogen-bond donors (Lipinski definition) is 2. The van der Waals surface area contributed by atoms with E-state index in [1.807, 2.05) is 76.4 Å². The first kappa shape index (κ1) is 37.8. The summed E-state index contributed by atoms with van der Waals surface area (Å²) in [5, 5.41) is 21.8. The molecule has 4 aromatic carbocycles. The molecular formula is C50H45N5O3+2. The molecule has 2 aliphatic rings. The Hall–Kier alpha value is -7.11. The summed E-state index contributed by atoms with van der Waals surface area (Å²) in [4.78, 5) is 26.5. The lowest BCUT2D eigenvalue weighted by atomic mass is 9.95. The summed E-state index contributed by atoms with van der Waals surface area (Å²) in [6.45, 7) is 1.34. The van der Waals surface area contributed by atoms with E-state index < -0.39 is 11.9 Å². The average Bonchev–Trinajstić information content (AvgIpc) is 3.86. The molecule has 2 N–H and O–H groups in total. The summed E-state index contributed by atoms with van der Waals surface area (Å²) >= 11 is 0. The first-order valence-electron chi connectivity index (χ1n) is 19.9. The van der Waals surface area contributed by atoms with Crippen molar-refractivity contribution in [3.63, 3.8) is 0 Å². The van der Waals surface area contributed by atoms with Crippen LogP contribution in [-0.2, 0) is 22.7 Å². The second-order valence-electron chi connectivity index (χ2n) is 14.9. The van der Waals surface area contributed by atoms with E-state index in [-0.39, 0.29) is 12.0 Å². The van der Waals surface area contributed by atoms with Crippen LogP contribution in [0.5, 0.6) is 0 Å². The van der Waals surface area contributed by atoms with E-state index >= 15 is 0 Å². The molecule has 2 atom stereocenters. The van der Waals surface area contributed by atoms with Gasteiger partial charge in [0.2, 0.25) is 0 Å². The van der Waals surface area contributed by atoms with Gasteiger partial charge in [-0.1, -0.05) is 85.3 Å². The molecule has 58 heavy (non-hydrogen) atoms. The van der Waals surface area contributed by atoms with E-state index in [2.05, 4.69) is 107 Å². The monoisotopic (exact) mass is 763 g/mol. The van der Waals surface area contributed by atoms with Gasteiger partial charge in [0.15, 0.2) is 37.9 Å². The molecule has 2 aromatic heterocycles. The molecule has 2 unspecified atom stereocenters. The first-order chi connectivity index (χ1) is 28.4. The predicted molar refractivity (Wildman–Crippen MR) is 226 cm³/mol. The van der Waals surface area contributed by atoms with Gasteiger partial charge in [0.1, 0.15) is 18.1 Å². The first-order valence-corrected chi connectivity index (χ1v) is 19.9. The standard InChI is InChI=1S/C50H43N5O3/c51-35-42(50(58)52-25-31-54-28-22-39(23-29-54)38-20-26-53(27-21-38)30-24-49(56)57)32-37-16-19-48-46(34-37)44-12-7-13-47(44)55(48)43-17-14-36(15-18-43)33-45(40-8-3-1-4-9-40)41-10-5-2-6-11-41/h1-6,8-11,14-23,26-29,32-34,44,47H,7,12-13,24-25,30-31H2/p+2/b42-32-. The van der Waals surface area contributed by atoms with E-state index in [0.29, 0.717) is 31.6 Å². The van der Waals surface area contributed by atoms with E-state index in [1.54, 1.807) is 6.08 Å². The number of fused-ring (bicyclic) bond motifs is 3. The van der Waals surface area contributed by atoms with Gasteiger partial charge in [-0.15, -0.1) is 0 Å². The summed E-state index contributed by atoms with van der Waals surface area (Å²) in [5.74, 6) is -0.813. The number of aryl methyl sites for hydroxylation is 1. The minimum Gasteiger partial charge on any atom is -0.481 e. The predicted octanol–water partition coefficient (Wildman–Crippen LogP) is 8.50. The van der Waals surface area contributed by atoms with Crippen molar-refractivity contribution in [3.05, 3.63) is 186 Å².